The topological polar surface area (TPSA) is 0 Å². The molecule has 1 aromatic rings. The maximum atomic E-state index is 13.3. The standard InChI is InChI=1S/C16H20ClF/c17-10-15(12-2-1-3-16(18)9-12)8-14-7-11-4-5-13(14)6-11/h1-3,9,11,13-15H,4-8,10H2. The first-order valence-electron chi connectivity index (χ1n) is 7.07. The zero-order valence-electron chi connectivity index (χ0n) is 10.6. The fraction of sp³-hybridized carbons (Fsp3) is 0.625. The van der Waals surface area contributed by atoms with E-state index >= 15 is 0 Å². The quantitative estimate of drug-likeness (QED) is 0.675. The van der Waals surface area contributed by atoms with Crippen molar-refractivity contribution in [1.82, 2.24) is 0 Å². The molecule has 4 unspecified atom stereocenters. The molecule has 4 atom stereocenters. The maximum absolute atomic E-state index is 13.3. The summed E-state index contributed by atoms with van der Waals surface area (Å²) in [6.07, 6.45) is 6.81. The summed E-state index contributed by atoms with van der Waals surface area (Å²) in [5, 5.41) is 0. The van der Waals surface area contributed by atoms with Crippen LogP contribution < -0.4 is 0 Å². The van der Waals surface area contributed by atoms with Gasteiger partial charge in [0.2, 0.25) is 0 Å². The molecule has 2 saturated carbocycles. The van der Waals surface area contributed by atoms with E-state index in [0.29, 0.717) is 11.8 Å². The van der Waals surface area contributed by atoms with Gasteiger partial charge >= 0.3 is 0 Å². The van der Waals surface area contributed by atoms with Crippen LogP contribution in [0.15, 0.2) is 24.3 Å². The van der Waals surface area contributed by atoms with E-state index in [1.165, 1.54) is 31.7 Å². The minimum Gasteiger partial charge on any atom is -0.207 e. The average Bonchev–Trinajstić information content (AvgIpc) is 2.98. The lowest BCUT2D eigenvalue weighted by atomic mass is 9.80. The molecule has 0 radical (unpaired) electrons. The molecule has 3 rings (SSSR count). The van der Waals surface area contributed by atoms with Crippen LogP contribution in [-0.2, 0) is 0 Å². The summed E-state index contributed by atoms with van der Waals surface area (Å²) in [5.74, 6) is 3.52. The van der Waals surface area contributed by atoms with Crippen LogP contribution in [0, 0.1) is 23.6 Å². The Bertz CT molecular complexity index is 417. The van der Waals surface area contributed by atoms with Gasteiger partial charge < -0.3 is 0 Å². The zero-order valence-corrected chi connectivity index (χ0v) is 11.4. The predicted octanol–water partition coefficient (Wildman–Crippen LogP) is 4.97. The van der Waals surface area contributed by atoms with Crippen LogP contribution in [0.2, 0.25) is 0 Å². The molecule has 0 aliphatic heterocycles. The summed E-state index contributed by atoms with van der Waals surface area (Å²) in [5.41, 5.74) is 1.08. The predicted molar refractivity (Wildman–Crippen MR) is 73.4 cm³/mol. The normalized spacial score (nSPS) is 31.8. The van der Waals surface area contributed by atoms with E-state index in [4.69, 9.17) is 11.6 Å². The largest absolute Gasteiger partial charge is 0.207 e. The molecular formula is C16H20ClF. The molecule has 0 saturated heterocycles. The Hall–Kier alpha value is -0.560. The number of hydrogen-bond acceptors (Lipinski definition) is 0. The van der Waals surface area contributed by atoms with Gasteiger partial charge in [0.25, 0.3) is 0 Å². The fourth-order valence-corrected chi connectivity index (χ4v) is 4.38. The smallest absolute Gasteiger partial charge is 0.123 e. The molecule has 18 heavy (non-hydrogen) atoms. The van der Waals surface area contributed by atoms with Gasteiger partial charge in [-0.25, -0.2) is 4.39 Å². The second-order valence-electron chi connectivity index (χ2n) is 6.08. The third-order valence-corrected chi connectivity index (χ3v) is 5.35. The number of halogens is 2. The first kappa shape index (κ1) is 12.5. The molecule has 0 spiro atoms. The maximum Gasteiger partial charge on any atom is 0.123 e. The summed E-state index contributed by atoms with van der Waals surface area (Å²) in [6, 6.07) is 6.97. The van der Waals surface area contributed by atoms with E-state index < -0.39 is 0 Å². The van der Waals surface area contributed by atoms with Crippen LogP contribution in [-0.4, -0.2) is 5.88 Å². The molecule has 98 valence electrons. The zero-order chi connectivity index (χ0) is 12.5. The molecule has 0 aromatic heterocycles. The molecule has 2 heteroatoms. The molecule has 0 heterocycles. The second kappa shape index (κ2) is 5.21. The Balaban J connectivity index is 1.69. The van der Waals surface area contributed by atoms with Crippen molar-refractivity contribution in [2.75, 3.05) is 5.88 Å². The van der Waals surface area contributed by atoms with Gasteiger partial charge in [-0.1, -0.05) is 18.6 Å². The summed E-state index contributed by atoms with van der Waals surface area (Å²) >= 11 is 6.11. The molecule has 0 amide bonds. The van der Waals surface area contributed by atoms with Gasteiger partial charge in [-0.2, -0.15) is 0 Å². The lowest BCUT2D eigenvalue weighted by Crippen LogP contribution is -2.15. The highest BCUT2D eigenvalue weighted by Gasteiger charge is 2.40. The highest BCUT2D eigenvalue weighted by atomic mass is 35.5. The summed E-state index contributed by atoms with van der Waals surface area (Å²) in [4.78, 5) is 0. The summed E-state index contributed by atoms with van der Waals surface area (Å²) < 4.78 is 13.3. The summed E-state index contributed by atoms with van der Waals surface area (Å²) in [6.45, 7) is 0. The van der Waals surface area contributed by atoms with E-state index in [1.807, 2.05) is 6.07 Å². The third kappa shape index (κ3) is 2.42. The van der Waals surface area contributed by atoms with Crippen LogP contribution >= 0.6 is 11.6 Å². The number of rotatable bonds is 4. The Labute approximate surface area is 114 Å². The minimum atomic E-state index is -0.143. The highest BCUT2D eigenvalue weighted by molar-refractivity contribution is 6.18. The lowest BCUT2D eigenvalue weighted by Gasteiger charge is -2.26. The first-order valence-corrected chi connectivity index (χ1v) is 7.61. The van der Waals surface area contributed by atoms with E-state index in [0.717, 1.165) is 29.7 Å². The van der Waals surface area contributed by atoms with Gasteiger partial charge in [0.05, 0.1) is 0 Å². The molecule has 0 nitrogen and oxygen atoms in total. The van der Waals surface area contributed by atoms with Gasteiger partial charge in [0.15, 0.2) is 0 Å². The van der Waals surface area contributed by atoms with Gasteiger partial charge in [0, 0.05) is 5.88 Å². The first-order chi connectivity index (χ1) is 8.76. The third-order valence-electron chi connectivity index (χ3n) is 4.98. The Morgan fingerprint density at radius 3 is 2.78 bits per heavy atom. The van der Waals surface area contributed by atoms with Crippen molar-refractivity contribution in [3.63, 3.8) is 0 Å². The fourth-order valence-electron chi connectivity index (χ4n) is 4.08. The van der Waals surface area contributed by atoms with Crippen molar-refractivity contribution >= 4 is 11.6 Å². The van der Waals surface area contributed by atoms with Gasteiger partial charge in [0.1, 0.15) is 5.82 Å². The summed E-state index contributed by atoms with van der Waals surface area (Å²) in [7, 11) is 0. The van der Waals surface area contributed by atoms with Crippen LogP contribution in [0.4, 0.5) is 4.39 Å². The average molecular weight is 267 g/mol. The van der Waals surface area contributed by atoms with Gasteiger partial charge in [-0.3, -0.25) is 0 Å². The SMILES string of the molecule is Fc1cccc(C(CCl)CC2CC3CCC2C3)c1. The molecule has 2 fully saturated rings. The van der Waals surface area contributed by atoms with Crippen molar-refractivity contribution in [3.05, 3.63) is 35.6 Å². The van der Waals surface area contributed by atoms with Crippen molar-refractivity contribution in [1.29, 1.82) is 0 Å². The Morgan fingerprint density at radius 2 is 2.17 bits per heavy atom. The van der Waals surface area contributed by atoms with Crippen LogP contribution in [0.3, 0.4) is 0 Å². The van der Waals surface area contributed by atoms with E-state index in [2.05, 4.69) is 0 Å². The van der Waals surface area contributed by atoms with Crippen molar-refractivity contribution in [2.45, 2.75) is 38.0 Å². The monoisotopic (exact) mass is 266 g/mol. The molecule has 0 N–H and O–H groups in total. The van der Waals surface area contributed by atoms with E-state index in [9.17, 15) is 4.39 Å². The van der Waals surface area contributed by atoms with Gasteiger partial charge in [-0.15, -0.1) is 11.6 Å². The molecule has 1 aromatic carbocycles. The van der Waals surface area contributed by atoms with Crippen molar-refractivity contribution in [3.8, 4) is 0 Å². The Morgan fingerprint density at radius 1 is 1.28 bits per heavy atom. The van der Waals surface area contributed by atoms with Gasteiger partial charge in [-0.05, 0) is 67.1 Å². The van der Waals surface area contributed by atoms with Crippen LogP contribution in [0.1, 0.15) is 43.6 Å². The number of hydrogen-bond donors (Lipinski definition) is 0. The van der Waals surface area contributed by atoms with Crippen LogP contribution in [0.25, 0.3) is 0 Å². The number of benzene rings is 1. The minimum absolute atomic E-state index is 0.143. The molecular weight excluding hydrogens is 247 g/mol. The lowest BCUT2D eigenvalue weighted by molar-refractivity contribution is 0.300. The van der Waals surface area contributed by atoms with E-state index in [1.54, 1.807) is 12.1 Å². The number of alkyl halides is 1. The second-order valence-corrected chi connectivity index (χ2v) is 6.39. The molecule has 2 aliphatic rings. The number of fused-ring (bicyclic) bond motifs is 2. The van der Waals surface area contributed by atoms with Crippen molar-refractivity contribution < 1.29 is 4.39 Å². The Kier molecular flexibility index (Phi) is 3.61. The molecule has 2 aliphatic carbocycles. The van der Waals surface area contributed by atoms with Crippen molar-refractivity contribution in [2.24, 2.45) is 17.8 Å². The highest BCUT2D eigenvalue weighted by Crippen LogP contribution is 2.51. The van der Waals surface area contributed by atoms with E-state index in [-0.39, 0.29) is 5.82 Å². The van der Waals surface area contributed by atoms with Crippen LogP contribution in [0.5, 0.6) is 0 Å². The molecule has 2 bridgehead atoms.